The maximum Gasteiger partial charge on any atom is 0.237 e. The van der Waals surface area contributed by atoms with E-state index in [9.17, 15) is 13.6 Å². The molecular formula is C26H26F2N2O. The predicted octanol–water partition coefficient (Wildman–Crippen LogP) is 4.71. The zero-order chi connectivity index (χ0) is 21.6. The third-order valence-electron chi connectivity index (χ3n) is 5.91. The lowest BCUT2D eigenvalue weighted by atomic mass is 9.87. The van der Waals surface area contributed by atoms with Gasteiger partial charge in [0.05, 0.1) is 6.04 Å². The molecule has 1 aliphatic heterocycles. The van der Waals surface area contributed by atoms with Gasteiger partial charge in [-0.15, -0.1) is 0 Å². The van der Waals surface area contributed by atoms with E-state index in [2.05, 4.69) is 22.8 Å². The Balaban J connectivity index is 1.34. The highest BCUT2D eigenvalue weighted by molar-refractivity contribution is 5.82. The fraction of sp³-hybridized carbons (Fsp3) is 0.269. The van der Waals surface area contributed by atoms with Crippen LogP contribution in [0.4, 0.5) is 8.78 Å². The Labute approximate surface area is 181 Å². The van der Waals surface area contributed by atoms with Gasteiger partial charge in [0.1, 0.15) is 11.6 Å². The Bertz CT molecular complexity index is 973. The van der Waals surface area contributed by atoms with E-state index in [4.69, 9.17) is 0 Å². The first-order chi connectivity index (χ1) is 15.1. The van der Waals surface area contributed by atoms with E-state index >= 15 is 0 Å². The molecule has 3 aromatic carbocycles. The molecule has 5 heteroatoms. The fourth-order valence-electron chi connectivity index (χ4n) is 4.20. The van der Waals surface area contributed by atoms with Crippen molar-refractivity contribution in [1.82, 2.24) is 10.6 Å². The molecule has 0 saturated carbocycles. The summed E-state index contributed by atoms with van der Waals surface area (Å²) in [5.41, 5.74) is 4.41. The van der Waals surface area contributed by atoms with Crippen LogP contribution in [-0.2, 0) is 17.8 Å². The van der Waals surface area contributed by atoms with Gasteiger partial charge in [0.15, 0.2) is 0 Å². The first-order valence-corrected chi connectivity index (χ1v) is 10.7. The van der Waals surface area contributed by atoms with Crippen molar-refractivity contribution in [3.05, 3.63) is 107 Å². The summed E-state index contributed by atoms with van der Waals surface area (Å²) in [5, 5.41) is 6.34. The van der Waals surface area contributed by atoms with Gasteiger partial charge < -0.3 is 10.6 Å². The number of benzene rings is 3. The second-order valence-electron chi connectivity index (χ2n) is 8.00. The fourth-order valence-corrected chi connectivity index (χ4v) is 4.20. The molecule has 31 heavy (non-hydrogen) atoms. The van der Waals surface area contributed by atoms with Crippen LogP contribution in [0.25, 0.3) is 0 Å². The lowest BCUT2D eigenvalue weighted by molar-refractivity contribution is -0.123. The Kier molecular flexibility index (Phi) is 6.73. The van der Waals surface area contributed by atoms with E-state index < -0.39 is 0 Å². The molecule has 0 saturated heterocycles. The molecule has 160 valence electrons. The molecule has 1 atom stereocenters. The van der Waals surface area contributed by atoms with Crippen molar-refractivity contribution in [1.29, 1.82) is 0 Å². The minimum absolute atomic E-state index is 0.00891. The zero-order valence-electron chi connectivity index (χ0n) is 17.3. The molecule has 4 rings (SSSR count). The molecule has 3 aromatic rings. The Morgan fingerprint density at radius 2 is 1.48 bits per heavy atom. The number of carbonyl (C=O) groups is 1. The lowest BCUT2D eigenvalue weighted by Crippen LogP contribution is -2.47. The van der Waals surface area contributed by atoms with E-state index in [1.807, 2.05) is 12.1 Å². The van der Waals surface area contributed by atoms with Crippen molar-refractivity contribution in [3.63, 3.8) is 0 Å². The van der Waals surface area contributed by atoms with Crippen molar-refractivity contribution in [2.24, 2.45) is 0 Å². The summed E-state index contributed by atoms with van der Waals surface area (Å²) in [6.45, 7) is 1.25. The van der Waals surface area contributed by atoms with Crippen LogP contribution < -0.4 is 10.6 Å². The Morgan fingerprint density at radius 1 is 0.903 bits per heavy atom. The third kappa shape index (κ3) is 5.36. The van der Waals surface area contributed by atoms with Gasteiger partial charge in [-0.05, 0) is 65.8 Å². The highest BCUT2D eigenvalue weighted by atomic mass is 19.1. The minimum atomic E-state index is -0.282. The van der Waals surface area contributed by atoms with Gasteiger partial charge in [0.2, 0.25) is 5.91 Å². The molecule has 0 bridgehead atoms. The highest BCUT2D eigenvalue weighted by Gasteiger charge is 2.23. The number of carbonyl (C=O) groups excluding carboxylic acids is 1. The van der Waals surface area contributed by atoms with E-state index in [0.29, 0.717) is 19.5 Å². The molecule has 0 fully saturated rings. The van der Waals surface area contributed by atoms with Gasteiger partial charge >= 0.3 is 0 Å². The molecule has 0 unspecified atom stereocenters. The summed E-state index contributed by atoms with van der Waals surface area (Å²) in [6, 6.07) is 20.8. The number of amides is 1. The van der Waals surface area contributed by atoms with E-state index in [1.165, 1.54) is 35.4 Å². The number of rotatable bonds is 7. The summed E-state index contributed by atoms with van der Waals surface area (Å²) in [5.74, 6) is -0.543. The first-order valence-electron chi connectivity index (χ1n) is 10.7. The molecule has 2 N–H and O–H groups in total. The maximum absolute atomic E-state index is 13.4. The summed E-state index contributed by atoms with van der Waals surface area (Å²) in [4.78, 5) is 12.6. The van der Waals surface area contributed by atoms with Gasteiger partial charge in [-0.3, -0.25) is 4.79 Å². The summed E-state index contributed by atoms with van der Waals surface area (Å²) in [7, 11) is 0. The maximum atomic E-state index is 13.4. The molecular weight excluding hydrogens is 394 g/mol. The van der Waals surface area contributed by atoms with Crippen molar-refractivity contribution >= 4 is 5.91 Å². The SMILES string of the molecule is O=C(NCCCC(c1ccc(F)cc1)c1ccc(F)cc1)[C@@H]1Cc2ccccc2CN1. The van der Waals surface area contributed by atoms with Crippen LogP contribution in [0, 0.1) is 11.6 Å². The number of halogens is 2. The molecule has 0 radical (unpaired) electrons. The molecule has 0 aliphatic carbocycles. The van der Waals surface area contributed by atoms with Crippen molar-refractivity contribution < 1.29 is 13.6 Å². The van der Waals surface area contributed by atoms with Gasteiger partial charge in [-0.1, -0.05) is 48.5 Å². The average molecular weight is 421 g/mol. The van der Waals surface area contributed by atoms with E-state index in [-0.39, 0.29) is 29.5 Å². The molecule has 0 aromatic heterocycles. The normalized spacial score (nSPS) is 15.5. The predicted molar refractivity (Wildman–Crippen MR) is 118 cm³/mol. The molecule has 1 aliphatic rings. The van der Waals surface area contributed by atoms with Gasteiger partial charge in [0, 0.05) is 19.0 Å². The van der Waals surface area contributed by atoms with Crippen molar-refractivity contribution in [2.75, 3.05) is 6.54 Å². The van der Waals surface area contributed by atoms with Gasteiger partial charge in [-0.2, -0.15) is 0 Å². The standard InChI is InChI=1S/C26H26F2N2O/c27-22-11-7-18(8-12-22)24(19-9-13-23(28)14-10-19)6-3-15-29-26(31)25-16-20-4-1-2-5-21(20)17-30-25/h1-2,4-5,7-14,24-25,30H,3,6,15-17H2,(H,29,31)/t25-/m0/s1. The molecule has 1 heterocycles. The van der Waals surface area contributed by atoms with Crippen LogP contribution in [-0.4, -0.2) is 18.5 Å². The van der Waals surface area contributed by atoms with Gasteiger partial charge in [0.25, 0.3) is 0 Å². The first kappa shape index (κ1) is 21.2. The minimum Gasteiger partial charge on any atom is -0.355 e. The second kappa shape index (κ2) is 9.84. The zero-order valence-corrected chi connectivity index (χ0v) is 17.3. The van der Waals surface area contributed by atoms with Crippen LogP contribution in [0.15, 0.2) is 72.8 Å². The highest BCUT2D eigenvalue weighted by Crippen LogP contribution is 2.29. The van der Waals surface area contributed by atoms with Gasteiger partial charge in [-0.25, -0.2) is 8.78 Å². The summed E-state index contributed by atoms with van der Waals surface area (Å²) < 4.78 is 26.7. The summed E-state index contributed by atoms with van der Waals surface area (Å²) >= 11 is 0. The molecule has 3 nitrogen and oxygen atoms in total. The average Bonchev–Trinajstić information content (AvgIpc) is 2.80. The second-order valence-corrected chi connectivity index (χ2v) is 8.00. The van der Waals surface area contributed by atoms with Crippen LogP contribution in [0.5, 0.6) is 0 Å². The van der Waals surface area contributed by atoms with Crippen LogP contribution in [0.1, 0.15) is 41.0 Å². The number of hydrogen-bond acceptors (Lipinski definition) is 2. The monoisotopic (exact) mass is 420 g/mol. The molecule has 0 spiro atoms. The van der Waals surface area contributed by atoms with Crippen LogP contribution >= 0.6 is 0 Å². The lowest BCUT2D eigenvalue weighted by Gasteiger charge is -2.25. The topological polar surface area (TPSA) is 41.1 Å². The number of fused-ring (bicyclic) bond motifs is 1. The largest absolute Gasteiger partial charge is 0.355 e. The Morgan fingerprint density at radius 3 is 2.10 bits per heavy atom. The van der Waals surface area contributed by atoms with Crippen LogP contribution in [0.2, 0.25) is 0 Å². The van der Waals surface area contributed by atoms with E-state index in [1.54, 1.807) is 24.3 Å². The van der Waals surface area contributed by atoms with Crippen molar-refractivity contribution in [2.45, 2.75) is 37.8 Å². The Hall–Kier alpha value is -3.05. The number of nitrogens with one attached hydrogen (secondary N) is 2. The third-order valence-corrected chi connectivity index (χ3v) is 5.91. The van der Waals surface area contributed by atoms with Crippen LogP contribution in [0.3, 0.4) is 0 Å². The van der Waals surface area contributed by atoms with E-state index in [0.717, 1.165) is 24.0 Å². The molecule has 1 amide bonds. The quantitative estimate of drug-likeness (QED) is 0.544. The smallest absolute Gasteiger partial charge is 0.237 e. The van der Waals surface area contributed by atoms with Crippen molar-refractivity contribution in [3.8, 4) is 0 Å². The summed E-state index contributed by atoms with van der Waals surface area (Å²) in [6.07, 6.45) is 2.21. The number of hydrogen-bond donors (Lipinski definition) is 2.